The second-order valence-corrected chi connectivity index (χ2v) is 4.57. The summed E-state index contributed by atoms with van der Waals surface area (Å²) < 4.78 is 7.40. The Morgan fingerprint density at radius 3 is 2.88 bits per heavy atom. The summed E-state index contributed by atoms with van der Waals surface area (Å²) in [4.78, 5) is 0. The molecular weight excluding hydrogens is 214 g/mol. The van der Waals surface area contributed by atoms with E-state index in [2.05, 4.69) is 37.4 Å². The fraction of sp³-hybridized carbons (Fsp3) is 0.769. The second-order valence-electron chi connectivity index (χ2n) is 4.57. The van der Waals surface area contributed by atoms with E-state index >= 15 is 0 Å². The van der Waals surface area contributed by atoms with Gasteiger partial charge in [0.25, 0.3) is 0 Å². The minimum Gasteiger partial charge on any atom is -0.381 e. The van der Waals surface area contributed by atoms with Crippen molar-refractivity contribution in [1.82, 2.24) is 15.1 Å². The van der Waals surface area contributed by atoms with Crippen molar-refractivity contribution >= 4 is 0 Å². The predicted molar refractivity (Wildman–Crippen MR) is 70.0 cm³/mol. The molecule has 0 fully saturated rings. The van der Waals surface area contributed by atoms with Crippen molar-refractivity contribution in [1.29, 1.82) is 0 Å². The van der Waals surface area contributed by atoms with Gasteiger partial charge in [-0.15, -0.1) is 0 Å². The summed E-state index contributed by atoms with van der Waals surface area (Å²) in [6.45, 7) is 10.0. The van der Waals surface area contributed by atoms with E-state index in [4.69, 9.17) is 4.74 Å². The van der Waals surface area contributed by atoms with Gasteiger partial charge in [0.1, 0.15) is 0 Å². The average molecular weight is 239 g/mol. The largest absolute Gasteiger partial charge is 0.381 e. The number of rotatable bonds is 9. The van der Waals surface area contributed by atoms with E-state index in [1.54, 1.807) is 0 Å². The van der Waals surface area contributed by atoms with E-state index in [1.807, 2.05) is 10.9 Å². The standard InChI is InChI=1S/C13H25N3O/c1-4-7-17-8-5-6-14-9-13-10-15-16(11-13)12(2)3/h10-12,14H,4-9H2,1-3H3. The molecule has 0 atom stereocenters. The second kappa shape index (κ2) is 8.25. The zero-order valence-corrected chi connectivity index (χ0v) is 11.3. The number of ether oxygens (including phenoxy) is 1. The van der Waals surface area contributed by atoms with Crippen LogP contribution in [0.4, 0.5) is 0 Å². The lowest BCUT2D eigenvalue weighted by Gasteiger charge is -2.05. The molecule has 0 bridgehead atoms. The third-order valence-corrected chi connectivity index (χ3v) is 2.50. The van der Waals surface area contributed by atoms with Crippen LogP contribution in [0.5, 0.6) is 0 Å². The minimum atomic E-state index is 0.436. The molecule has 0 aromatic carbocycles. The molecule has 0 saturated heterocycles. The lowest BCUT2D eigenvalue weighted by Crippen LogP contribution is -2.16. The quantitative estimate of drug-likeness (QED) is 0.672. The first-order valence-corrected chi connectivity index (χ1v) is 6.55. The summed E-state index contributed by atoms with van der Waals surface area (Å²) in [6, 6.07) is 0.436. The summed E-state index contributed by atoms with van der Waals surface area (Å²) in [5.41, 5.74) is 1.24. The van der Waals surface area contributed by atoms with Crippen LogP contribution >= 0.6 is 0 Å². The third-order valence-electron chi connectivity index (χ3n) is 2.50. The van der Waals surface area contributed by atoms with Gasteiger partial charge in [-0.2, -0.15) is 5.10 Å². The molecule has 0 aliphatic carbocycles. The topological polar surface area (TPSA) is 39.1 Å². The molecule has 98 valence electrons. The van der Waals surface area contributed by atoms with Gasteiger partial charge in [-0.1, -0.05) is 6.92 Å². The average Bonchev–Trinajstić information content (AvgIpc) is 2.77. The van der Waals surface area contributed by atoms with Crippen LogP contribution in [0.1, 0.15) is 45.2 Å². The molecular formula is C13H25N3O. The Labute approximate surface area is 104 Å². The molecule has 1 aromatic heterocycles. The molecule has 4 heteroatoms. The highest BCUT2D eigenvalue weighted by atomic mass is 16.5. The van der Waals surface area contributed by atoms with Gasteiger partial charge >= 0.3 is 0 Å². The highest BCUT2D eigenvalue weighted by Gasteiger charge is 2.00. The highest BCUT2D eigenvalue weighted by Crippen LogP contribution is 2.04. The Balaban J connectivity index is 2.05. The lowest BCUT2D eigenvalue weighted by molar-refractivity contribution is 0.132. The van der Waals surface area contributed by atoms with Crippen LogP contribution < -0.4 is 5.32 Å². The van der Waals surface area contributed by atoms with Gasteiger partial charge in [-0.05, 0) is 33.2 Å². The van der Waals surface area contributed by atoms with Crippen LogP contribution in [-0.2, 0) is 11.3 Å². The Morgan fingerprint density at radius 2 is 2.24 bits per heavy atom. The van der Waals surface area contributed by atoms with Crippen molar-refractivity contribution < 1.29 is 4.74 Å². The Bertz CT molecular complexity index is 297. The van der Waals surface area contributed by atoms with Crippen molar-refractivity contribution in [3.05, 3.63) is 18.0 Å². The number of hydrogen-bond donors (Lipinski definition) is 1. The number of nitrogens with one attached hydrogen (secondary N) is 1. The van der Waals surface area contributed by atoms with Crippen LogP contribution in [0.3, 0.4) is 0 Å². The van der Waals surface area contributed by atoms with Crippen LogP contribution in [0.15, 0.2) is 12.4 Å². The monoisotopic (exact) mass is 239 g/mol. The van der Waals surface area contributed by atoms with E-state index in [9.17, 15) is 0 Å². The Morgan fingerprint density at radius 1 is 1.41 bits per heavy atom. The third kappa shape index (κ3) is 5.84. The van der Waals surface area contributed by atoms with Crippen molar-refractivity contribution in [2.45, 2.75) is 46.2 Å². The molecule has 17 heavy (non-hydrogen) atoms. The van der Waals surface area contributed by atoms with Crippen molar-refractivity contribution in [3.8, 4) is 0 Å². The predicted octanol–water partition coefficient (Wildman–Crippen LogP) is 2.37. The first-order valence-electron chi connectivity index (χ1n) is 6.55. The van der Waals surface area contributed by atoms with E-state index < -0.39 is 0 Å². The zero-order valence-electron chi connectivity index (χ0n) is 11.3. The molecule has 0 radical (unpaired) electrons. The maximum Gasteiger partial charge on any atom is 0.0534 e. The van der Waals surface area contributed by atoms with Gasteiger partial charge in [0, 0.05) is 37.6 Å². The van der Waals surface area contributed by atoms with Crippen molar-refractivity contribution in [2.24, 2.45) is 0 Å². The summed E-state index contributed by atoms with van der Waals surface area (Å²) in [5, 5.41) is 7.70. The van der Waals surface area contributed by atoms with E-state index in [0.29, 0.717) is 6.04 Å². The minimum absolute atomic E-state index is 0.436. The molecule has 0 unspecified atom stereocenters. The highest BCUT2D eigenvalue weighted by molar-refractivity contribution is 5.03. The normalized spacial score (nSPS) is 11.3. The van der Waals surface area contributed by atoms with Gasteiger partial charge in [0.15, 0.2) is 0 Å². The summed E-state index contributed by atoms with van der Waals surface area (Å²) in [5.74, 6) is 0. The summed E-state index contributed by atoms with van der Waals surface area (Å²) in [6.07, 6.45) is 6.20. The van der Waals surface area contributed by atoms with Gasteiger partial charge in [-0.3, -0.25) is 4.68 Å². The van der Waals surface area contributed by atoms with Crippen LogP contribution in [-0.4, -0.2) is 29.5 Å². The molecule has 1 aromatic rings. The number of aromatic nitrogens is 2. The van der Waals surface area contributed by atoms with Gasteiger partial charge in [-0.25, -0.2) is 0 Å². The van der Waals surface area contributed by atoms with Crippen molar-refractivity contribution in [2.75, 3.05) is 19.8 Å². The molecule has 0 aliphatic rings. The van der Waals surface area contributed by atoms with Gasteiger partial charge < -0.3 is 10.1 Å². The fourth-order valence-electron chi connectivity index (χ4n) is 1.53. The number of hydrogen-bond acceptors (Lipinski definition) is 3. The van der Waals surface area contributed by atoms with Crippen LogP contribution in [0.25, 0.3) is 0 Å². The van der Waals surface area contributed by atoms with E-state index in [1.165, 1.54) is 5.56 Å². The Hall–Kier alpha value is -0.870. The summed E-state index contributed by atoms with van der Waals surface area (Å²) >= 11 is 0. The lowest BCUT2D eigenvalue weighted by atomic mass is 10.3. The molecule has 0 saturated carbocycles. The molecule has 1 rings (SSSR count). The fourth-order valence-corrected chi connectivity index (χ4v) is 1.53. The number of nitrogens with zero attached hydrogens (tertiary/aromatic N) is 2. The molecule has 1 N–H and O–H groups in total. The van der Waals surface area contributed by atoms with Gasteiger partial charge in [0.2, 0.25) is 0 Å². The smallest absolute Gasteiger partial charge is 0.0534 e. The van der Waals surface area contributed by atoms with E-state index in [0.717, 1.165) is 39.1 Å². The van der Waals surface area contributed by atoms with Crippen molar-refractivity contribution in [3.63, 3.8) is 0 Å². The van der Waals surface area contributed by atoms with Gasteiger partial charge in [0.05, 0.1) is 6.20 Å². The summed E-state index contributed by atoms with van der Waals surface area (Å²) in [7, 11) is 0. The Kier molecular flexibility index (Phi) is 6.89. The molecule has 1 heterocycles. The molecule has 0 spiro atoms. The first-order chi connectivity index (χ1) is 8.24. The van der Waals surface area contributed by atoms with Crippen LogP contribution in [0, 0.1) is 0 Å². The first kappa shape index (κ1) is 14.2. The molecule has 0 amide bonds. The zero-order chi connectivity index (χ0) is 12.5. The maximum atomic E-state index is 5.41. The molecule has 4 nitrogen and oxygen atoms in total. The maximum absolute atomic E-state index is 5.41. The van der Waals surface area contributed by atoms with Crippen LogP contribution in [0.2, 0.25) is 0 Å². The van der Waals surface area contributed by atoms with E-state index in [-0.39, 0.29) is 0 Å². The molecule has 0 aliphatic heterocycles. The SMILES string of the molecule is CCCOCCCNCc1cnn(C(C)C)c1.